The molecule has 0 saturated heterocycles. The fraction of sp³-hybridized carbons (Fsp3) is 0.300. The SMILES string of the molecule is CC(C)(C)NC(=O)c1cc(CC(=O)Cc2cc(C#N)ccc2O)ccn1. The molecule has 0 aliphatic rings. The third kappa shape index (κ3) is 5.42. The minimum Gasteiger partial charge on any atom is -0.508 e. The standard InChI is InChI=1S/C20H21N3O3/c1-20(2,3)23-19(26)17-10-13(6-7-22-17)9-16(24)11-15-8-14(12-21)4-5-18(15)25/h4-8,10,25H,9,11H2,1-3H3,(H,23,26). The van der Waals surface area contributed by atoms with Gasteiger partial charge in [0.05, 0.1) is 11.6 Å². The first-order valence-electron chi connectivity index (χ1n) is 8.19. The van der Waals surface area contributed by atoms with Crippen LogP contribution in [-0.4, -0.2) is 27.3 Å². The van der Waals surface area contributed by atoms with E-state index in [9.17, 15) is 14.7 Å². The van der Waals surface area contributed by atoms with Gasteiger partial charge in [-0.1, -0.05) is 0 Å². The summed E-state index contributed by atoms with van der Waals surface area (Å²) >= 11 is 0. The van der Waals surface area contributed by atoms with Crippen LogP contribution in [0, 0.1) is 11.3 Å². The van der Waals surface area contributed by atoms with Crippen molar-refractivity contribution in [2.45, 2.75) is 39.2 Å². The van der Waals surface area contributed by atoms with Crippen molar-refractivity contribution in [3.8, 4) is 11.8 Å². The second-order valence-corrected chi connectivity index (χ2v) is 7.10. The van der Waals surface area contributed by atoms with Gasteiger partial charge in [-0.15, -0.1) is 0 Å². The summed E-state index contributed by atoms with van der Waals surface area (Å²) in [6.07, 6.45) is 1.61. The van der Waals surface area contributed by atoms with Crippen molar-refractivity contribution < 1.29 is 14.7 Å². The highest BCUT2D eigenvalue weighted by Gasteiger charge is 2.17. The summed E-state index contributed by atoms with van der Waals surface area (Å²) < 4.78 is 0. The van der Waals surface area contributed by atoms with Gasteiger partial charge < -0.3 is 10.4 Å². The first-order valence-corrected chi connectivity index (χ1v) is 8.19. The lowest BCUT2D eigenvalue weighted by Crippen LogP contribution is -2.40. The fourth-order valence-corrected chi connectivity index (χ4v) is 2.41. The Bertz CT molecular complexity index is 877. The number of ketones is 1. The number of pyridine rings is 1. The molecule has 2 N–H and O–H groups in total. The molecule has 0 bridgehead atoms. The van der Waals surface area contributed by atoms with Crippen molar-refractivity contribution in [3.05, 3.63) is 58.9 Å². The number of phenolic OH excluding ortho intramolecular Hbond substituents is 1. The molecule has 6 heteroatoms. The fourth-order valence-electron chi connectivity index (χ4n) is 2.41. The number of nitrogens with one attached hydrogen (secondary N) is 1. The van der Waals surface area contributed by atoms with Crippen LogP contribution in [0.4, 0.5) is 0 Å². The average molecular weight is 351 g/mol. The molecule has 0 fully saturated rings. The summed E-state index contributed by atoms with van der Waals surface area (Å²) in [5.74, 6) is -0.452. The van der Waals surface area contributed by atoms with Gasteiger partial charge >= 0.3 is 0 Å². The molecule has 26 heavy (non-hydrogen) atoms. The molecule has 0 radical (unpaired) electrons. The van der Waals surface area contributed by atoms with Crippen molar-refractivity contribution in [1.82, 2.24) is 10.3 Å². The summed E-state index contributed by atoms with van der Waals surface area (Å²) in [6.45, 7) is 5.63. The molecule has 2 aromatic rings. The number of benzene rings is 1. The maximum absolute atomic E-state index is 12.3. The highest BCUT2D eigenvalue weighted by Crippen LogP contribution is 2.19. The Morgan fingerprint density at radius 2 is 1.92 bits per heavy atom. The van der Waals surface area contributed by atoms with Crippen LogP contribution >= 0.6 is 0 Å². The van der Waals surface area contributed by atoms with E-state index in [0.717, 1.165) is 0 Å². The number of nitrogens with zero attached hydrogens (tertiary/aromatic N) is 2. The normalized spacial score (nSPS) is 10.8. The molecule has 2 rings (SSSR count). The van der Waals surface area contributed by atoms with E-state index in [4.69, 9.17) is 5.26 Å². The average Bonchev–Trinajstić information content (AvgIpc) is 2.55. The van der Waals surface area contributed by atoms with Crippen LogP contribution in [0.25, 0.3) is 0 Å². The highest BCUT2D eigenvalue weighted by atomic mass is 16.3. The Labute approximate surface area is 152 Å². The van der Waals surface area contributed by atoms with Crippen molar-refractivity contribution in [2.75, 3.05) is 0 Å². The van der Waals surface area contributed by atoms with Crippen LogP contribution in [0.15, 0.2) is 36.5 Å². The highest BCUT2D eigenvalue weighted by molar-refractivity contribution is 5.93. The number of hydrogen-bond acceptors (Lipinski definition) is 5. The van der Waals surface area contributed by atoms with Gasteiger partial charge in [0.15, 0.2) is 0 Å². The second kappa shape index (κ2) is 7.79. The molecule has 0 saturated carbocycles. The summed E-state index contributed by atoms with van der Waals surface area (Å²) in [7, 11) is 0. The topological polar surface area (TPSA) is 103 Å². The number of nitriles is 1. The summed E-state index contributed by atoms with van der Waals surface area (Å²) in [5, 5.41) is 21.6. The van der Waals surface area contributed by atoms with E-state index >= 15 is 0 Å². The van der Waals surface area contributed by atoms with E-state index in [1.165, 1.54) is 24.4 Å². The largest absolute Gasteiger partial charge is 0.508 e. The zero-order valence-corrected chi connectivity index (χ0v) is 15.0. The molecule has 134 valence electrons. The number of amides is 1. The molecular weight excluding hydrogens is 330 g/mol. The van der Waals surface area contributed by atoms with Gasteiger partial charge in [-0.2, -0.15) is 5.26 Å². The van der Waals surface area contributed by atoms with Crippen LogP contribution in [0.1, 0.15) is 48.0 Å². The quantitative estimate of drug-likeness (QED) is 0.861. The van der Waals surface area contributed by atoms with Crippen LogP contribution in [0.2, 0.25) is 0 Å². The number of aromatic hydroxyl groups is 1. The van der Waals surface area contributed by atoms with Crippen molar-refractivity contribution >= 4 is 11.7 Å². The molecule has 0 aliphatic heterocycles. The van der Waals surface area contributed by atoms with Gasteiger partial charge in [0, 0.05) is 30.1 Å². The molecule has 0 unspecified atom stereocenters. The van der Waals surface area contributed by atoms with E-state index in [0.29, 0.717) is 16.7 Å². The zero-order valence-electron chi connectivity index (χ0n) is 15.0. The van der Waals surface area contributed by atoms with E-state index in [-0.39, 0.29) is 41.5 Å². The van der Waals surface area contributed by atoms with Crippen LogP contribution in [0.5, 0.6) is 5.75 Å². The number of phenols is 1. The number of rotatable bonds is 5. The van der Waals surface area contributed by atoms with Gasteiger partial charge in [-0.3, -0.25) is 14.6 Å². The maximum Gasteiger partial charge on any atom is 0.270 e. The third-order valence-electron chi connectivity index (χ3n) is 3.54. The number of hydrogen-bond donors (Lipinski definition) is 2. The van der Waals surface area contributed by atoms with Gasteiger partial charge in [-0.05, 0) is 56.7 Å². The zero-order chi connectivity index (χ0) is 19.3. The molecule has 6 nitrogen and oxygen atoms in total. The predicted molar refractivity (Wildman–Crippen MR) is 96.7 cm³/mol. The summed E-state index contributed by atoms with van der Waals surface area (Å²) in [4.78, 5) is 28.6. The summed E-state index contributed by atoms with van der Waals surface area (Å²) in [6, 6.07) is 9.65. The third-order valence-corrected chi connectivity index (χ3v) is 3.54. The van der Waals surface area contributed by atoms with E-state index in [2.05, 4.69) is 10.3 Å². The second-order valence-electron chi connectivity index (χ2n) is 7.10. The van der Waals surface area contributed by atoms with Crippen LogP contribution in [0.3, 0.4) is 0 Å². The Morgan fingerprint density at radius 3 is 2.58 bits per heavy atom. The first-order chi connectivity index (χ1) is 12.2. The van der Waals surface area contributed by atoms with E-state index in [1.54, 1.807) is 12.1 Å². The molecule has 0 atom stereocenters. The lowest BCUT2D eigenvalue weighted by atomic mass is 10.0. The van der Waals surface area contributed by atoms with Crippen molar-refractivity contribution in [2.24, 2.45) is 0 Å². The molecule has 1 aromatic carbocycles. The Balaban J connectivity index is 2.09. The van der Waals surface area contributed by atoms with Gasteiger partial charge in [-0.25, -0.2) is 0 Å². The molecule has 0 aliphatic carbocycles. The number of aromatic nitrogens is 1. The molecular formula is C20H21N3O3. The molecule has 0 spiro atoms. The minimum atomic E-state index is -0.381. The smallest absolute Gasteiger partial charge is 0.270 e. The van der Waals surface area contributed by atoms with E-state index in [1.807, 2.05) is 26.8 Å². The Hall–Kier alpha value is -3.20. The molecule has 1 aromatic heterocycles. The lowest BCUT2D eigenvalue weighted by Gasteiger charge is -2.20. The lowest BCUT2D eigenvalue weighted by molar-refractivity contribution is -0.117. The van der Waals surface area contributed by atoms with Crippen LogP contribution < -0.4 is 5.32 Å². The number of carbonyl (C=O) groups is 2. The monoisotopic (exact) mass is 351 g/mol. The van der Waals surface area contributed by atoms with Crippen molar-refractivity contribution in [1.29, 1.82) is 5.26 Å². The van der Waals surface area contributed by atoms with Crippen LogP contribution in [-0.2, 0) is 17.6 Å². The number of Topliss-reactive ketones (excluding diaryl/α,β-unsaturated/α-hetero) is 1. The molecule has 1 heterocycles. The Morgan fingerprint density at radius 1 is 1.19 bits per heavy atom. The minimum absolute atomic E-state index is 0.00714. The summed E-state index contributed by atoms with van der Waals surface area (Å²) in [5.41, 5.74) is 1.33. The maximum atomic E-state index is 12.3. The molecule has 1 amide bonds. The van der Waals surface area contributed by atoms with Gasteiger partial charge in [0.2, 0.25) is 0 Å². The van der Waals surface area contributed by atoms with E-state index < -0.39 is 0 Å². The Kier molecular flexibility index (Phi) is 5.73. The number of carbonyl (C=O) groups excluding carboxylic acids is 2. The first kappa shape index (κ1) is 19.1. The predicted octanol–water partition coefficient (Wildman–Crippen LogP) is 2.54. The van der Waals surface area contributed by atoms with Gasteiger partial charge in [0.1, 0.15) is 17.2 Å². The van der Waals surface area contributed by atoms with Crippen molar-refractivity contribution in [3.63, 3.8) is 0 Å². The van der Waals surface area contributed by atoms with Gasteiger partial charge in [0.25, 0.3) is 5.91 Å².